The summed E-state index contributed by atoms with van der Waals surface area (Å²) in [6, 6.07) is 9.45. The number of carbonyl (C=O) groups is 1. The Morgan fingerprint density at radius 2 is 1.92 bits per heavy atom. The van der Waals surface area contributed by atoms with Gasteiger partial charge in [-0.15, -0.1) is 0 Å². The van der Waals surface area contributed by atoms with Crippen molar-refractivity contribution in [1.29, 1.82) is 0 Å². The van der Waals surface area contributed by atoms with Crippen LogP contribution in [0.4, 0.5) is 0 Å². The Morgan fingerprint density at radius 3 is 2.38 bits per heavy atom. The number of carbonyl (C=O) groups excluding carboxylic acids is 1. The maximum atomic E-state index is 11.3. The van der Waals surface area contributed by atoms with Crippen LogP contribution >= 0.6 is 0 Å². The first-order valence-electron chi connectivity index (χ1n) is 4.09. The highest BCUT2D eigenvalue weighted by molar-refractivity contribution is 6.16. The molecule has 0 aliphatic heterocycles. The van der Waals surface area contributed by atoms with Crippen LogP contribution in [0.15, 0.2) is 36.4 Å². The quantitative estimate of drug-likeness (QED) is 0.510. The zero-order valence-electron chi connectivity index (χ0n) is 7.78. The molecule has 0 aliphatic carbocycles. The van der Waals surface area contributed by atoms with Crippen LogP contribution in [0.1, 0.15) is 12.5 Å². The first-order chi connectivity index (χ1) is 6.29. The molecule has 0 saturated carbocycles. The molecule has 0 fully saturated rings. The van der Waals surface area contributed by atoms with E-state index in [4.69, 9.17) is 0 Å². The van der Waals surface area contributed by atoms with E-state index in [2.05, 4.69) is 4.74 Å². The standard InChI is InChI=1S/C11H12O2/c1-3-10(11(12)13-2)9-7-5-4-6-8-9/h3-8H,1-2H3. The number of methoxy groups -OCH3 is 1. The summed E-state index contributed by atoms with van der Waals surface area (Å²) in [4.78, 5) is 11.3. The van der Waals surface area contributed by atoms with Gasteiger partial charge in [-0.2, -0.15) is 0 Å². The third kappa shape index (κ3) is 2.18. The van der Waals surface area contributed by atoms with Crippen molar-refractivity contribution in [2.75, 3.05) is 7.11 Å². The zero-order valence-corrected chi connectivity index (χ0v) is 7.78. The molecule has 0 radical (unpaired) electrons. The van der Waals surface area contributed by atoms with Gasteiger partial charge in [-0.1, -0.05) is 36.4 Å². The van der Waals surface area contributed by atoms with E-state index in [1.165, 1.54) is 7.11 Å². The van der Waals surface area contributed by atoms with Crippen molar-refractivity contribution in [1.82, 2.24) is 0 Å². The lowest BCUT2D eigenvalue weighted by Crippen LogP contribution is -2.03. The van der Waals surface area contributed by atoms with E-state index < -0.39 is 0 Å². The molecular formula is C11H12O2. The number of benzene rings is 1. The Morgan fingerprint density at radius 1 is 1.31 bits per heavy atom. The molecule has 0 bridgehead atoms. The lowest BCUT2D eigenvalue weighted by Gasteiger charge is -2.03. The van der Waals surface area contributed by atoms with Crippen molar-refractivity contribution in [3.05, 3.63) is 42.0 Å². The average Bonchev–Trinajstić information content (AvgIpc) is 2.20. The van der Waals surface area contributed by atoms with Crippen LogP contribution < -0.4 is 0 Å². The maximum absolute atomic E-state index is 11.3. The van der Waals surface area contributed by atoms with Gasteiger partial charge >= 0.3 is 5.97 Å². The molecule has 0 atom stereocenters. The second-order valence-corrected chi connectivity index (χ2v) is 2.56. The van der Waals surface area contributed by atoms with Gasteiger partial charge in [0.2, 0.25) is 0 Å². The number of ether oxygens (including phenoxy) is 1. The van der Waals surface area contributed by atoms with Crippen molar-refractivity contribution in [3.8, 4) is 0 Å². The molecule has 0 aromatic heterocycles. The molecule has 0 heterocycles. The molecule has 2 heteroatoms. The Labute approximate surface area is 77.8 Å². The first kappa shape index (κ1) is 9.52. The van der Waals surface area contributed by atoms with Crippen LogP contribution in [0.25, 0.3) is 5.57 Å². The van der Waals surface area contributed by atoms with Crippen LogP contribution in [0, 0.1) is 0 Å². The highest BCUT2D eigenvalue weighted by Gasteiger charge is 2.09. The molecule has 0 N–H and O–H groups in total. The Balaban J connectivity index is 3.00. The molecular weight excluding hydrogens is 164 g/mol. The van der Waals surface area contributed by atoms with Gasteiger partial charge in [0.1, 0.15) is 0 Å². The molecule has 0 amide bonds. The topological polar surface area (TPSA) is 26.3 Å². The van der Waals surface area contributed by atoms with Gasteiger partial charge < -0.3 is 4.74 Å². The van der Waals surface area contributed by atoms with Crippen LogP contribution in [0.5, 0.6) is 0 Å². The summed E-state index contributed by atoms with van der Waals surface area (Å²) in [5.74, 6) is -0.297. The molecule has 2 nitrogen and oxygen atoms in total. The predicted molar refractivity (Wildman–Crippen MR) is 52.1 cm³/mol. The summed E-state index contributed by atoms with van der Waals surface area (Å²) in [5.41, 5.74) is 1.49. The smallest absolute Gasteiger partial charge is 0.338 e. The minimum atomic E-state index is -0.297. The highest BCUT2D eigenvalue weighted by atomic mass is 16.5. The van der Waals surface area contributed by atoms with Crippen LogP contribution in [0.2, 0.25) is 0 Å². The average molecular weight is 176 g/mol. The van der Waals surface area contributed by atoms with Gasteiger partial charge in [-0.25, -0.2) is 4.79 Å². The van der Waals surface area contributed by atoms with Gasteiger partial charge in [-0.3, -0.25) is 0 Å². The van der Waals surface area contributed by atoms with Crippen molar-refractivity contribution < 1.29 is 9.53 Å². The second-order valence-electron chi connectivity index (χ2n) is 2.56. The summed E-state index contributed by atoms with van der Waals surface area (Å²) in [7, 11) is 1.38. The van der Waals surface area contributed by atoms with Crippen molar-refractivity contribution in [3.63, 3.8) is 0 Å². The number of hydrogen-bond donors (Lipinski definition) is 0. The van der Waals surface area contributed by atoms with Gasteiger partial charge in [0.25, 0.3) is 0 Å². The van der Waals surface area contributed by atoms with E-state index in [1.807, 2.05) is 37.3 Å². The molecule has 68 valence electrons. The third-order valence-electron chi connectivity index (χ3n) is 1.78. The summed E-state index contributed by atoms with van der Waals surface area (Å²) in [6.45, 7) is 1.82. The minimum absolute atomic E-state index is 0.297. The molecule has 13 heavy (non-hydrogen) atoms. The summed E-state index contributed by atoms with van der Waals surface area (Å²) >= 11 is 0. The largest absolute Gasteiger partial charge is 0.465 e. The van der Waals surface area contributed by atoms with Crippen LogP contribution in [-0.2, 0) is 9.53 Å². The SMILES string of the molecule is CC=C(C(=O)OC)c1ccccc1. The predicted octanol–water partition coefficient (Wildman–Crippen LogP) is 2.26. The Kier molecular flexibility index (Phi) is 3.26. The first-order valence-corrected chi connectivity index (χ1v) is 4.09. The van der Waals surface area contributed by atoms with E-state index in [9.17, 15) is 4.79 Å². The van der Waals surface area contributed by atoms with E-state index in [0.29, 0.717) is 5.57 Å². The maximum Gasteiger partial charge on any atom is 0.338 e. The molecule has 0 aliphatic rings. The Hall–Kier alpha value is -1.57. The third-order valence-corrected chi connectivity index (χ3v) is 1.78. The molecule has 0 unspecified atom stereocenters. The summed E-state index contributed by atoms with van der Waals surface area (Å²) in [5, 5.41) is 0. The van der Waals surface area contributed by atoms with Crippen LogP contribution in [0.3, 0.4) is 0 Å². The highest BCUT2D eigenvalue weighted by Crippen LogP contribution is 2.14. The Bertz CT molecular complexity index is 312. The van der Waals surface area contributed by atoms with E-state index in [-0.39, 0.29) is 5.97 Å². The molecule has 1 aromatic carbocycles. The molecule has 1 aromatic rings. The molecule has 0 spiro atoms. The fourth-order valence-electron chi connectivity index (χ4n) is 1.13. The lowest BCUT2D eigenvalue weighted by atomic mass is 10.1. The van der Waals surface area contributed by atoms with E-state index in [0.717, 1.165) is 5.56 Å². The summed E-state index contributed by atoms with van der Waals surface area (Å²) < 4.78 is 4.65. The van der Waals surface area contributed by atoms with Crippen molar-refractivity contribution >= 4 is 11.5 Å². The van der Waals surface area contributed by atoms with Gasteiger partial charge in [-0.05, 0) is 12.5 Å². The van der Waals surface area contributed by atoms with Gasteiger partial charge in [0.05, 0.1) is 12.7 Å². The second kappa shape index (κ2) is 4.45. The number of allylic oxidation sites excluding steroid dienone is 1. The van der Waals surface area contributed by atoms with E-state index >= 15 is 0 Å². The van der Waals surface area contributed by atoms with Crippen molar-refractivity contribution in [2.45, 2.75) is 6.92 Å². The lowest BCUT2D eigenvalue weighted by molar-refractivity contribution is -0.133. The molecule has 1 rings (SSSR count). The zero-order chi connectivity index (χ0) is 9.68. The summed E-state index contributed by atoms with van der Waals surface area (Å²) in [6.07, 6.45) is 1.75. The monoisotopic (exact) mass is 176 g/mol. The van der Waals surface area contributed by atoms with E-state index in [1.54, 1.807) is 6.08 Å². The fourth-order valence-corrected chi connectivity index (χ4v) is 1.13. The number of esters is 1. The normalized spacial score (nSPS) is 11.1. The molecule has 0 saturated heterocycles. The minimum Gasteiger partial charge on any atom is -0.465 e. The van der Waals surface area contributed by atoms with Gasteiger partial charge in [0, 0.05) is 0 Å². The van der Waals surface area contributed by atoms with Crippen LogP contribution in [-0.4, -0.2) is 13.1 Å². The number of rotatable bonds is 2. The number of hydrogen-bond acceptors (Lipinski definition) is 2. The fraction of sp³-hybridized carbons (Fsp3) is 0.182. The van der Waals surface area contributed by atoms with Gasteiger partial charge in [0.15, 0.2) is 0 Å². The van der Waals surface area contributed by atoms with Crippen molar-refractivity contribution in [2.24, 2.45) is 0 Å².